The van der Waals surface area contributed by atoms with Crippen molar-refractivity contribution in [1.29, 1.82) is 0 Å². The number of hydrogen-bond donors (Lipinski definition) is 4. The first-order chi connectivity index (χ1) is 21.7. The van der Waals surface area contributed by atoms with Gasteiger partial charge in [-0.15, -0.1) is 0 Å². The molecule has 2 aliphatic heterocycles. The predicted molar refractivity (Wildman–Crippen MR) is 177 cm³/mol. The molecule has 44 heavy (non-hydrogen) atoms. The van der Waals surface area contributed by atoms with Gasteiger partial charge in [0, 0.05) is 11.1 Å². The third-order valence-electron chi connectivity index (χ3n) is 11.2. The van der Waals surface area contributed by atoms with E-state index in [0.717, 1.165) is 43.3 Å². The Labute approximate surface area is 259 Å². The Balaban J connectivity index is 1.07. The zero-order chi connectivity index (χ0) is 29.1. The van der Waals surface area contributed by atoms with Gasteiger partial charge in [-0.05, 0) is 115 Å². The fraction of sp³-hybridized carbons (Fsp3) is 0.421. The lowest BCUT2D eigenvalue weighted by Gasteiger charge is -2.33. The molecule has 0 radical (unpaired) electrons. The molecular formula is C38H42N6. The van der Waals surface area contributed by atoms with Crippen LogP contribution in [0.3, 0.4) is 0 Å². The molecule has 4 aliphatic rings. The molecule has 1 saturated carbocycles. The summed E-state index contributed by atoms with van der Waals surface area (Å²) in [6.07, 6.45) is 18.1. The Bertz CT molecular complexity index is 1830. The van der Waals surface area contributed by atoms with Crippen molar-refractivity contribution >= 4 is 10.8 Å². The van der Waals surface area contributed by atoms with Crippen LogP contribution in [0.4, 0.5) is 0 Å². The highest BCUT2D eigenvalue weighted by atomic mass is 15.0. The first-order valence-corrected chi connectivity index (χ1v) is 17.0. The number of benzene rings is 3. The quantitative estimate of drug-likeness (QED) is 0.168. The fourth-order valence-corrected chi connectivity index (χ4v) is 8.82. The monoisotopic (exact) mass is 582 g/mol. The number of nitrogens with zero attached hydrogens (tertiary/aromatic N) is 2. The smallest absolute Gasteiger partial charge is 0.123 e. The van der Waals surface area contributed by atoms with Crippen LogP contribution in [0.1, 0.15) is 92.6 Å². The molecule has 3 aromatic carbocycles. The Hall–Kier alpha value is -3.74. The van der Waals surface area contributed by atoms with Gasteiger partial charge in [0.2, 0.25) is 0 Å². The molecule has 2 atom stereocenters. The summed E-state index contributed by atoms with van der Waals surface area (Å²) < 4.78 is 0. The van der Waals surface area contributed by atoms with Crippen molar-refractivity contribution < 1.29 is 0 Å². The summed E-state index contributed by atoms with van der Waals surface area (Å²) in [6, 6.07) is 19.4. The summed E-state index contributed by atoms with van der Waals surface area (Å²) in [4.78, 5) is 16.9. The topological polar surface area (TPSA) is 81.4 Å². The Morgan fingerprint density at radius 3 is 1.86 bits per heavy atom. The van der Waals surface area contributed by atoms with Crippen LogP contribution < -0.4 is 10.6 Å². The van der Waals surface area contributed by atoms with E-state index in [1.54, 1.807) is 11.1 Å². The van der Waals surface area contributed by atoms with Gasteiger partial charge in [-0.2, -0.15) is 0 Å². The van der Waals surface area contributed by atoms with E-state index in [4.69, 9.17) is 9.97 Å². The lowest BCUT2D eigenvalue weighted by molar-refractivity contribution is 0.203. The molecule has 2 unspecified atom stereocenters. The number of fused-ring (bicyclic) bond motifs is 2. The average molecular weight is 583 g/mol. The van der Waals surface area contributed by atoms with E-state index < -0.39 is 0 Å². The van der Waals surface area contributed by atoms with Crippen LogP contribution in [0.15, 0.2) is 60.9 Å². The molecular weight excluding hydrogens is 540 g/mol. The molecule has 9 rings (SSSR count). The summed E-state index contributed by atoms with van der Waals surface area (Å²) >= 11 is 0. The van der Waals surface area contributed by atoms with Gasteiger partial charge in [0.1, 0.15) is 11.6 Å². The summed E-state index contributed by atoms with van der Waals surface area (Å²) in [7, 11) is 0. The van der Waals surface area contributed by atoms with Crippen molar-refractivity contribution in [2.75, 3.05) is 13.1 Å². The van der Waals surface area contributed by atoms with E-state index >= 15 is 0 Å². The van der Waals surface area contributed by atoms with Crippen LogP contribution in [-0.2, 0) is 12.8 Å². The lowest BCUT2D eigenvalue weighted by Crippen LogP contribution is -2.24. The number of aromatic amines is 2. The molecule has 0 amide bonds. The van der Waals surface area contributed by atoms with E-state index in [1.165, 1.54) is 96.5 Å². The van der Waals surface area contributed by atoms with Gasteiger partial charge in [0.25, 0.3) is 0 Å². The highest BCUT2D eigenvalue weighted by Crippen LogP contribution is 2.52. The van der Waals surface area contributed by atoms with Gasteiger partial charge in [-0.1, -0.05) is 55.7 Å². The maximum atomic E-state index is 4.84. The molecule has 6 nitrogen and oxygen atoms in total. The third kappa shape index (κ3) is 4.62. The highest BCUT2D eigenvalue weighted by Gasteiger charge is 2.40. The number of nitrogens with one attached hydrogen (secondary N) is 4. The maximum Gasteiger partial charge on any atom is 0.123 e. The van der Waals surface area contributed by atoms with Crippen molar-refractivity contribution in [2.45, 2.75) is 82.7 Å². The number of H-pyrrole nitrogens is 2. The molecule has 224 valence electrons. The first kappa shape index (κ1) is 26.6. The minimum atomic E-state index is 0.354. The van der Waals surface area contributed by atoms with Crippen molar-refractivity contribution in [3.05, 3.63) is 83.7 Å². The zero-order valence-electron chi connectivity index (χ0n) is 25.5. The highest BCUT2D eigenvalue weighted by molar-refractivity contribution is 5.91. The minimum absolute atomic E-state index is 0.354. The second kappa shape index (κ2) is 10.7. The molecule has 2 saturated heterocycles. The zero-order valence-corrected chi connectivity index (χ0v) is 25.5. The number of hydrogen-bond acceptors (Lipinski definition) is 4. The second-order valence-corrected chi connectivity index (χ2v) is 14.0. The molecule has 2 aliphatic carbocycles. The SMILES string of the molecule is c1cc2cc(-c3ccc(-c4cnc(C5CCCN5)[nH]4)c4c3CC3(CCCCC3)C4)ccc2cc1-c1cnc(C2CCCN2)[nH]1. The average Bonchev–Trinajstić information content (AvgIpc) is 3.90. The van der Waals surface area contributed by atoms with Gasteiger partial charge in [0.05, 0.1) is 35.9 Å². The normalized spacial score (nSPS) is 22.7. The van der Waals surface area contributed by atoms with Crippen molar-refractivity contribution in [3.8, 4) is 33.6 Å². The third-order valence-corrected chi connectivity index (χ3v) is 11.2. The van der Waals surface area contributed by atoms with E-state index in [1.807, 2.05) is 6.20 Å². The van der Waals surface area contributed by atoms with Crippen LogP contribution >= 0.6 is 0 Å². The van der Waals surface area contributed by atoms with Gasteiger partial charge in [0.15, 0.2) is 0 Å². The van der Waals surface area contributed by atoms with Gasteiger partial charge >= 0.3 is 0 Å². The van der Waals surface area contributed by atoms with E-state index in [0.29, 0.717) is 17.5 Å². The van der Waals surface area contributed by atoms with Crippen LogP contribution in [0.5, 0.6) is 0 Å². The standard InChI is InChI=1S/C38H42N6/c1-2-14-38(15-3-1)20-30-28(12-13-29(31(30)21-38)35-23-42-37(44-35)33-7-5-17-40-33)26-10-8-25-19-27(11-9-24(25)18-26)34-22-41-36(43-34)32-6-4-16-39-32/h8-13,18-19,22-23,32-33,39-40H,1-7,14-17,20-21H2,(H,41,43)(H,42,44). The Morgan fingerprint density at radius 2 is 1.18 bits per heavy atom. The van der Waals surface area contributed by atoms with E-state index in [-0.39, 0.29) is 0 Å². The lowest BCUT2D eigenvalue weighted by atomic mass is 9.72. The van der Waals surface area contributed by atoms with Crippen LogP contribution in [0.2, 0.25) is 0 Å². The molecule has 0 bridgehead atoms. The van der Waals surface area contributed by atoms with Crippen LogP contribution in [0, 0.1) is 5.41 Å². The molecule has 6 heteroatoms. The summed E-state index contributed by atoms with van der Waals surface area (Å²) in [5, 5.41) is 9.71. The van der Waals surface area contributed by atoms with Crippen LogP contribution in [0.25, 0.3) is 44.4 Å². The fourth-order valence-electron chi connectivity index (χ4n) is 8.82. The summed E-state index contributed by atoms with van der Waals surface area (Å²) in [5.74, 6) is 2.15. The molecule has 1 spiro atoms. The van der Waals surface area contributed by atoms with E-state index in [2.05, 4.69) is 75.3 Å². The first-order valence-electron chi connectivity index (χ1n) is 17.0. The van der Waals surface area contributed by atoms with Crippen molar-refractivity contribution in [3.63, 3.8) is 0 Å². The largest absolute Gasteiger partial charge is 0.341 e. The van der Waals surface area contributed by atoms with E-state index in [9.17, 15) is 0 Å². The summed E-state index contributed by atoms with van der Waals surface area (Å²) in [6.45, 7) is 2.16. The van der Waals surface area contributed by atoms with Crippen LogP contribution in [-0.4, -0.2) is 33.0 Å². The van der Waals surface area contributed by atoms with Gasteiger partial charge < -0.3 is 20.6 Å². The molecule has 3 fully saturated rings. The molecule has 4 heterocycles. The number of aromatic nitrogens is 4. The van der Waals surface area contributed by atoms with Crippen molar-refractivity contribution in [2.24, 2.45) is 5.41 Å². The van der Waals surface area contributed by atoms with Gasteiger partial charge in [-0.25, -0.2) is 9.97 Å². The molecule has 5 aromatic rings. The second-order valence-electron chi connectivity index (χ2n) is 14.0. The summed E-state index contributed by atoms with van der Waals surface area (Å²) in [5.41, 5.74) is 11.1. The maximum absolute atomic E-state index is 4.84. The molecule has 4 N–H and O–H groups in total. The number of imidazole rings is 2. The predicted octanol–water partition coefficient (Wildman–Crippen LogP) is 8.19. The van der Waals surface area contributed by atoms with Gasteiger partial charge in [-0.3, -0.25) is 0 Å². The van der Waals surface area contributed by atoms with Crippen molar-refractivity contribution in [1.82, 2.24) is 30.6 Å². The number of rotatable bonds is 5. The Kier molecular flexibility index (Phi) is 6.48. The Morgan fingerprint density at radius 1 is 0.591 bits per heavy atom. The minimum Gasteiger partial charge on any atom is -0.341 e. The molecule has 2 aromatic heterocycles.